The Hall–Kier alpha value is -1.92. The van der Waals surface area contributed by atoms with Crippen LogP contribution in [0, 0.1) is 0 Å². The number of hydrogen-bond donors (Lipinski definition) is 3. The molecule has 0 saturated carbocycles. The molecule has 0 spiro atoms. The molecule has 0 aliphatic carbocycles. The van der Waals surface area contributed by atoms with Gasteiger partial charge < -0.3 is 25.4 Å². The Kier molecular flexibility index (Phi) is 11.4. The average Bonchev–Trinajstić information content (AvgIpc) is 2.58. The van der Waals surface area contributed by atoms with E-state index in [2.05, 4.69) is 20.9 Å². The fourth-order valence-electron chi connectivity index (χ4n) is 2.28. The van der Waals surface area contributed by atoms with Crippen molar-refractivity contribution in [1.29, 1.82) is 0 Å². The van der Waals surface area contributed by atoms with Gasteiger partial charge >= 0.3 is 12.3 Å². The molecule has 0 aromatic heterocycles. The van der Waals surface area contributed by atoms with Crippen LogP contribution in [0.5, 0.6) is 5.75 Å². The monoisotopic (exact) mass is 560 g/mol. The molecule has 0 aliphatic rings. The predicted molar refractivity (Wildman–Crippen MR) is 125 cm³/mol. The maximum atomic E-state index is 12.4. The van der Waals surface area contributed by atoms with Crippen LogP contribution >= 0.6 is 24.0 Å². The van der Waals surface area contributed by atoms with Crippen LogP contribution in [-0.2, 0) is 11.3 Å². The Balaban J connectivity index is 0.00000900. The first-order chi connectivity index (χ1) is 13.7. The smallest absolute Gasteiger partial charge is 0.422 e. The molecule has 0 radical (unpaired) electrons. The maximum Gasteiger partial charge on any atom is 0.422 e. The predicted octanol–water partition coefficient (Wildman–Crippen LogP) is 4.21. The van der Waals surface area contributed by atoms with Crippen LogP contribution in [0.4, 0.5) is 18.0 Å². The van der Waals surface area contributed by atoms with Gasteiger partial charge in [0.2, 0.25) is 0 Å². The van der Waals surface area contributed by atoms with Gasteiger partial charge in [0.15, 0.2) is 12.6 Å². The van der Waals surface area contributed by atoms with E-state index in [1.54, 1.807) is 46.0 Å². The van der Waals surface area contributed by atoms with Crippen LogP contribution < -0.4 is 20.7 Å². The summed E-state index contributed by atoms with van der Waals surface area (Å²) in [5.41, 5.74) is -0.698. The molecule has 1 aromatic carbocycles. The van der Waals surface area contributed by atoms with E-state index in [0.29, 0.717) is 18.1 Å². The highest BCUT2D eigenvalue weighted by atomic mass is 127. The Labute approximate surface area is 198 Å². The molecule has 3 N–H and O–H groups in total. The van der Waals surface area contributed by atoms with E-state index < -0.39 is 30.0 Å². The van der Waals surface area contributed by atoms with Gasteiger partial charge in [-0.15, -0.1) is 24.0 Å². The SMILES string of the molecule is CN=C(NCc1ccccc1OCC(F)(F)F)NCC(C)(C)NC(=O)OC(C)(C)C.I. The van der Waals surface area contributed by atoms with Crippen LogP contribution in [0.25, 0.3) is 0 Å². The molecule has 1 aromatic rings. The van der Waals surface area contributed by atoms with Crippen molar-refractivity contribution in [2.45, 2.75) is 58.5 Å². The molecule has 0 saturated heterocycles. The molecule has 178 valence electrons. The molecule has 1 amide bonds. The van der Waals surface area contributed by atoms with Crippen LogP contribution in [0.3, 0.4) is 0 Å². The highest BCUT2D eigenvalue weighted by Crippen LogP contribution is 2.22. The summed E-state index contributed by atoms with van der Waals surface area (Å²) in [6.45, 7) is 8.14. The van der Waals surface area contributed by atoms with Crippen molar-refractivity contribution in [3.8, 4) is 5.75 Å². The van der Waals surface area contributed by atoms with Crippen LogP contribution in [0.1, 0.15) is 40.2 Å². The van der Waals surface area contributed by atoms with Gasteiger partial charge in [-0.25, -0.2) is 4.79 Å². The standard InChI is InChI=1S/C20H31F3N4O3.HI/c1-18(2,3)30-17(28)27-19(4,5)12-26-16(24-6)25-11-14-9-7-8-10-15(14)29-13-20(21,22)23;/h7-10H,11-13H2,1-6H3,(H,27,28)(H2,24,25,26);1H. The van der Waals surface area contributed by atoms with Crippen LogP contribution in [0.2, 0.25) is 0 Å². The molecule has 11 heteroatoms. The van der Waals surface area contributed by atoms with E-state index >= 15 is 0 Å². The third-order valence-electron chi connectivity index (χ3n) is 3.57. The maximum absolute atomic E-state index is 12.4. The third-order valence-corrected chi connectivity index (χ3v) is 3.57. The summed E-state index contributed by atoms with van der Waals surface area (Å²) < 4.78 is 47.4. The first-order valence-electron chi connectivity index (χ1n) is 9.44. The number of ether oxygens (including phenoxy) is 2. The highest BCUT2D eigenvalue weighted by molar-refractivity contribution is 14.0. The number of para-hydroxylation sites is 1. The first kappa shape index (κ1) is 29.1. The number of benzene rings is 1. The molecule has 0 bridgehead atoms. The Morgan fingerprint density at radius 1 is 1.06 bits per heavy atom. The number of alkyl carbamates (subject to hydrolysis) is 1. The largest absolute Gasteiger partial charge is 0.484 e. The van der Waals surface area contributed by atoms with Crippen molar-refractivity contribution in [1.82, 2.24) is 16.0 Å². The second kappa shape index (κ2) is 12.2. The number of carbonyl (C=O) groups is 1. The van der Waals surface area contributed by atoms with E-state index in [1.807, 2.05) is 13.8 Å². The summed E-state index contributed by atoms with van der Waals surface area (Å²) in [4.78, 5) is 16.1. The van der Waals surface area contributed by atoms with E-state index in [9.17, 15) is 18.0 Å². The zero-order chi connectivity index (χ0) is 23.0. The number of carbonyl (C=O) groups excluding carboxylic acids is 1. The number of hydrogen-bond acceptors (Lipinski definition) is 4. The second-order valence-electron chi connectivity index (χ2n) is 8.30. The minimum atomic E-state index is -4.41. The average molecular weight is 560 g/mol. The number of rotatable bonds is 7. The number of halogens is 4. The normalized spacial score (nSPS) is 12.5. The van der Waals surface area contributed by atoms with Gasteiger partial charge in [0.1, 0.15) is 11.4 Å². The van der Waals surface area contributed by atoms with Crippen molar-refractivity contribution in [2.75, 3.05) is 20.2 Å². The number of nitrogens with one attached hydrogen (secondary N) is 3. The van der Waals surface area contributed by atoms with E-state index in [4.69, 9.17) is 9.47 Å². The van der Waals surface area contributed by atoms with Gasteiger partial charge in [-0.1, -0.05) is 18.2 Å². The molecular weight excluding hydrogens is 528 g/mol. The first-order valence-corrected chi connectivity index (χ1v) is 9.44. The number of nitrogens with zero attached hydrogens (tertiary/aromatic N) is 1. The van der Waals surface area contributed by atoms with Crippen LogP contribution in [0.15, 0.2) is 29.3 Å². The van der Waals surface area contributed by atoms with Crippen LogP contribution in [-0.4, -0.2) is 49.6 Å². The number of guanidine groups is 1. The summed E-state index contributed by atoms with van der Waals surface area (Å²) in [5, 5.41) is 8.87. The summed E-state index contributed by atoms with van der Waals surface area (Å²) in [7, 11) is 1.57. The third kappa shape index (κ3) is 13.2. The van der Waals surface area contributed by atoms with Crippen molar-refractivity contribution in [3.63, 3.8) is 0 Å². The van der Waals surface area contributed by atoms with Gasteiger partial charge in [-0.2, -0.15) is 13.2 Å². The van der Waals surface area contributed by atoms with Gasteiger partial charge in [-0.05, 0) is 40.7 Å². The lowest BCUT2D eigenvalue weighted by Gasteiger charge is -2.29. The lowest BCUT2D eigenvalue weighted by Crippen LogP contribution is -2.54. The zero-order valence-electron chi connectivity index (χ0n) is 18.6. The van der Waals surface area contributed by atoms with Crippen molar-refractivity contribution >= 4 is 36.0 Å². The van der Waals surface area contributed by atoms with Crippen molar-refractivity contribution in [3.05, 3.63) is 29.8 Å². The van der Waals surface area contributed by atoms with E-state index in [-0.39, 0.29) is 36.3 Å². The lowest BCUT2D eigenvalue weighted by molar-refractivity contribution is -0.153. The summed E-state index contributed by atoms with van der Waals surface area (Å²) in [6, 6.07) is 6.46. The molecule has 0 unspecified atom stereocenters. The van der Waals surface area contributed by atoms with Crippen molar-refractivity contribution in [2.24, 2.45) is 4.99 Å². The second-order valence-corrected chi connectivity index (χ2v) is 8.30. The van der Waals surface area contributed by atoms with Crippen molar-refractivity contribution < 1.29 is 27.4 Å². The summed E-state index contributed by atoms with van der Waals surface area (Å²) in [5.74, 6) is 0.560. The lowest BCUT2D eigenvalue weighted by atomic mass is 10.1. The quantitative estimate of drug-likeness (QED) is 0.265. The molecule has 7 nitrogen and oxygen atoms in total. The molecule has 0 heterocycles. The summed E-state index contributed by atoms with van der Waals surface area (Å²) >= 11 is 0. The molecular formula is C20H32F3IN4O3. The topological polar surface area (TPSA) is 84.0 Å². The zero-order valence-corrected chi connectivity index (χ0v) is 21.0. The van der Waals surface area contributed by atoms with Gasteiger partial charge in [-0.3, -0.25) is 4.99 Å². The molecule has 31 heavy (non-hydrogen) atoms. The van der Waals surface area contributed by atoms with E-state index in [0.717, 1.165) is 0 Å². The fourth-order valence-corrected chi connectivity index (χ4v) is 2.28. The van der Waals surface area contributed by atoms with E-state index in [1.165, 1.54) is 6.07 Å². The molecule has 1 rings (SSSR count). The summed E-state index contributed by atoms with van der Waals surface area (Å²) in [6.07, 6.45) is -4.95. The minimum absolute atomic E-state index is 0. The Morgan fingerprint density at radius 3 is 2.23 bits per heavy atom. The molecule has 0 fully saturated rings. The van der Waals surface area contributed by atoms with Gasteiger partial charge in [0, 0.05) is 25.7 Å². The molecule has 0 aliphatic heterocycles. The fraction of sp³-hybridized carbons (Fsp3) is 0.600. The number of alkyl halides is 3. The number of aliphatic imine (C=N–C) groups is 1. The number of amides is 1. The minimum Gasteiger partial charge on any atom is -0.484 e. The Bertz CT molecular complexity index is 735. The van der Waals surface area contributed by atoms with Gasteiger partial charge in [0.05, 0.1) is 5.54 Å². The van der Waals surface area contributed by atoms with Gasteiger partial charge in [0.25, 0.3) is 0 Å². The highest BCUT2D eigenvalue weighted by Gasteiger charge is 2.29. The Morgan fingerprint density at radius 2 is 1.68 bits per heavy atom. The molecule has 0 atom stereocenters.